The number of aliphatic hydroxyl groups excluding tert-OH is 1. The molecule has 4 nitrogen and oxygen atoms in total. The van der Waals surface area contributed by atoms with Crippen molar-refractivity contribution >= 4 is 24.5 Å². The van der Waals surface area contributed by atoms with E-state index in [1.807, 2.05) is 30.3 Å². The molecule has 0 amide bonds. The lowest BCUT2D eigenvalue weighted by atomic mass is 10.0. The van der Waals surface area contributed by atoms with Gasteiger partial charge in [-0.15, -0.1) is 0 Å². The Morgan fingerprint density at radius 3 is 2.86 bits per heavy atom. The normalized spacial score (nSPS) is 36.9. The molecule has 2 aliphatic heterocycles. The van der Waals surface area contributed by atoms with E-state index in [1.54, 1.807) is 0 Å². The molecule has 2 saturated heterocycles. The number of ether oxygens (including phenoxy) is 1. The SMILES string of the molecule is O=C1SCC(C2(O)CC(O)CCO2)P1Cc1ccccc1. The lowest BCUT2D eigenvalue weighted by molar-refractivity contribution is -0.241. The second kappa shape index (κ2) is 6.35. The largest absolute Gasteiger partial charge is 0.393 e. The molecular weight excluding hydrogens is 307 g/mol. The Kier molecular flexibility index (Phi) is 4.67. The minimum Gasteiger partial charge on any atom is -0.393 e. The number of thioether (sulfide) groups is 1. The third-order valence-electron chi connectivity index (χ3n) is 4.02. The second-order valence-corrected chi connectivity index (χ2v) is 9.13. The van der Waals surface area contributed by atoms with Crippen molar-refractivity contribution in [1.82, 2.24) is 0 Å². The van der Waals surface area contributed by atoms with Crippen LogP contribution in [0.4, 0.5) is 4.79 Å². The summed E-state index contributed by atoms with van der Waals surface area (Å²) >= 11 is 1.29. The zero-order valence-corrected chi connectivity index (χ0v) is 13.4. The van der Waals surface area contributed by atoms with Crippen molar-refractivity contribution in [3.05, 3.63) is 35.9 Å². The molecule has 6 heteroatoms. The molecule has 0 bridgehead atoms. The van der Waals surface area contributed by atoms with Crippen LogP contribution in [0.5, 0.6) is 0 Å². The van der Waals surface area contributed by atoms with Gasteiger partial charge in [0.15, 0.2) is 5.79 Å². The Balaban J connectivity index is 1.79. The van der Waals surface area contributed by atoms with Gasteiger partial charge >= 0.3 is 0 Å². The van der Waals surface area contributed by atoms with Gasteiger partial charge in [-0.2, -0.15) is 0 Å². The zero-order valence-electron chi connectivity index (χ0n) is 11.6. The standard InChI is InChI=1S/C15H19O4PS/c16-12-6-7-19-15(18,8-12)13-10-21-14(17)20(13)9-11-4-2-1-3-5-11/h1-5,12-13,16,18H,6-10H2. The Bertz CT molecular complexity index is 512. The van der Waals surface area contributed by atoms with Crippen LogP contribution in [-0.4, -0.2) is 45.0 Å². The molecule has 2 aliphatic rings. The van der Waals surface area contributed by atoms with E-state index in [9.17, 15) is 15.0 Å². The first-order chi connectivity index (χ1) is 10.1. The summed E-state index contributed by atoms with van der Waals surface area (Å²) in [5, 5.41) is 20.6. The average Bonchev–Trinajstić information content (AvgIpc) is 2.82. The summed E-state index contributed by atoms with van der Waals surface area (Å²) in [6.07, 6.45) is 0.887. The monoisotopic (exact) mass is 326 g/mol. The van der Waals surface area contributed by atoms with Crippen molar-refractivity contribution < 1.29 is 19.7 Å². The predicted molar refractivity (Wildman–Crippen MR) is 84.9 cm³/mol. The van der Waals surface area contributed by atoms with E-state index in [0.717, 1.165) is 5.56 Å². The molecule has 0 radical (unpaired) electrons. The summed E-state index contributed by atoms with van der Waals surface area (Å²) in [5.41, 5.74) is 0.921. The van der Waals surface area contributed by atoms with E-state index in [-0.39, 0.29) is 16.9 Å². The number of rotatable bonds is 3. The van der Waals surface area contributed by atoms with Crippen LogP contribution in [0.15, 0.2) is 30.3 Å². The molecule has 2 fully saturated rings. The minimum absolute atomic E-state index is 0.177. The second-order valence-electron chi connectivity index (χ2n) is 5.55. The maximum atomic E-state index is 12.2. The number of carbonyl (C=O) groups is 1. The molecule has 21 heavy (non-hydrogen) atoms. The smallest absolute Gasteiger partial charge is 0.210 e. The molecule has 4 atom stereocenters. The van der Waals surface area contributed by atoms with Gasteiger partial charge in [-0.25, -0.2) is 0 Å². The number of hydrogen-bond donors (Lipinski definition) is 2. The van der Waals surface area contributed by atoms with E-state index < -0.39 is 19.8 Å². The van der Waals surface area contributed by atoms with Crippen molar-refractivity contribution in [3.63, 3.8) is 0 Å². The Hall–Kier alpha value is -0.450. The fourth-order valence-electron chi connectivity index (χ4n) is 2.88. The third kappa shape index (κ3) is 3.33. The van der Waals surface area contributed by atoms with Crippen molar-refractivity contribution in [2.75, 3.05) is 12.4 Å². The predicted octanol–water partition coefficient (Wildman–Crippen LogP) is 2.76. The van der Waals surface area contributed by atoms with Gasteiger partial charge in [0.05, 0.1) is 18.4 Å². The first-order valence-electron chi connectivity index (χ1n) is 7.10. The van der Waals surface area contributed by atoms with Gasteiger partial charge in [0, 0.05) is 18.3 Å². The number of carbonyl (C=O) groups excluding carboxylic acids is 1. The van der Waals surface area contributed by atoms with E-state index in [2.05, 4.69) is 0 Å². The fraction of sp³-hybridized carbons (Fsp3) is 0.533. The first-order valence-corrected chi connectivity index (χ1v) is 9.68. The van der Waals surface area contributed by atoms with Gasteiger partial charge in [0.2, 0.25) is 4.86 Å². The van der Waals surface area contributed by atoms with E-state index in [1.165, 1.54) is 11.8 Å². The number of hydrogen-bond acceptors (Lipinski definition) is 5. The average molecular weight is 326 g/mol. The summed E-state index contributed by atoms with van der Waals surface area (Å²) in [5.74, 6) is -0.766. The van der Waals surface area contributed by atoms with Crippen molar-refractivity contribution in [2.24, 2.45) is 0 Å². The number of aliphatic hydroxyl groups is 2. The maximum absolute atomic E-state index is 12.2. The quantitative estimate of drug-likeness (QED) is 0.836. The van der Waals surface area contributed by atoms with Crippen molar-refractivity contribution in [3.8, 4) is 0 Å². The van der Waals surface area contributed by atoms with E-state index in [4.69, 9.17) is 4.74 Å². The molecule has 114 valence electrons. The van der Waals surface area contributed by atoms with Gasteiger partial charge < -0.3 is 14.9 Å². The Labute approximate surface area is 129 Å². The van der Waals surface area contributed by atoms with Crippen LogP contribution in [0.2, 0.25) is 0 Å². The van der Waals surface area contributed by atoms with Crippen LogP contribution in [0.25, 0.3) is 0 Å². The summed E-state index contributed by atoms with van der Waals surface area (Å²) in [6, 6.07) is 9.89. The van der Waals surface area contributed by atoms with E-state index in [0.29, 0.717) is 24.9 Å². The minimum atomic E-state index is -1.35. The molecule has 3 rings (SSSR count). The molecule has 0 saturated carbocycles. The summed E-state index contributed by atoms with van der Waals surface area (Å²) in [7, 11) is -0.999. The molecule has 2 N–H and O–H groups in total. The molecule has 0 aliphatic carbocycles. The summed E-state index contributed by atoms with van der Waals surface area (Å²) in [4.78, 5) is 12.4. The maximum Gasteiger partial charge on any atom is 0.210 e. The van der Waals surface area contributed by atoms with Gasteiger partial charge in [0.1, 0.15) is 0 Å². The molecule has 0 aromatic heterocycles. The zero-order chi connectivity index (χ0) is 14.9. The fourth-order valence-corrected chi connectivity index (χ4v) is 7.72. The van der Waals surface area contributed by atoms with Crippen LogP contribution in [0.1, 0.15) is 18.4 Å². The number of benzene rings is 1. The molecule has 2 heterocycles. The van der Waals surface area contributed by atoms with Crippen LogP contribution in [0, 0.1) is 0 Å². The Morgan fingerprint density at radius 2 is 2.14 bits per heavy atom. The highest BCUT2D eigenvalue weighted by atomic mass is 32.2. The summed E-state index contributed by atoms with van der Waals surface area (Å²) < 4.78 is 5.58. The summed E-state index contributed by atoms with van der Waals surface area (Å²) in [6.45, 7) is 0.349. The van der Waals surface area contributed by atoms with Crippen LogP contribution < -0.4 is 0 Å². The Morgan fingerprint density at radius 1 is 1.38 bits per heavy atom. The molecule has 1 aromatic rings. The van der Waals surface area contributed by atoms with Gasteiger partial charge in [-0.1, -0.05) is 42.1 Å². The van der Waals surface area contributed by atoms with Crippen molar-refractivity contribution in [1.29, 1.82) is 0 Å². The molecule has 4 unspecified atom stereocenters. The highest BCUT2D eigenvalue weighted by Crippen LogP contribution is 2.60. The van der Waals surface area contributed by atoms with Crippen LogP contribution in [0.3, 0.4) is 0 Å². The van der Waals surface area contributed by atoms with Crippen LogP contribution >= 0.6 is 19.7 Å². The van der Waals surface area contributed by atoms with Gasteiger partial charge in [0.25, 0.3) is 0 Å². The third-order valence-corrected chi connectivity index (χ3v) is 8.62. The molecule has 0 spiro atoms. The van der Waals surface area contributed by atoms with Gasteiger partial charge in [-0.05, 0) is 19.9 Å². The van der Waals surface area contributed by atoms with E-state index >= 15 is 0 Å². The first kappa shape index (κ1) is 15.4. The highest BCUT2D eigenvalue weighted by Gasteiger charge is 2.51. The van der Waals surface area contributed by atoms with Crippen LogP contribution in [-0.2, 0) is 10.9 Å². The molecule has 1 aromatic carbocycles. The highest BCUT2D eigenvalue weighted by molar-refractivity contribution is 8.27. The van der Waals surface area contributed by atoms with Gasteiger partial charge in [-0.3, -0.25) is 4.79 Å². The van der Waals surface area contributed by atoms with Crippen molar-refractivity contribution in [2.45, 2.75) is 36.6 Å². The molecular formula is C15H19O4PS. The topological polar surface area (TPSA) is 66.8 Å². The lowest BCUT2D eigenvalue weighted by Gasteiger charge is -2.40. The lowest BCUT2D eigenvalue weighted by Crippen LogP contribution is -2.50.